The SMILES string of the molecule is [C-]#[N+]C1=C(C)/C(=C\c2cc3sc4c(c3s2)C2(CCCCC2)c2c-4sc3cc(/C=C4/C(=O)N(C)C(=O)C(C#N)=C4C)sc23)C(=O)N(C)C1=O. The molecule has 8 nitrogen and oxygen atoms in total. The van der Waals surface area contributed by atoms with Crippen molar-refractivity contribution in [1.82, 2.24) is 9.80 Å². The Morgan fingerprint density at radius 2 is 1.27 bits per heavy atom. The average molecular weight is 707 g/mol. The van der Waals surface area contributed by atoms with Crippen LogP contribution in [0.4, 0.5) is 0 Å². The number of nitriles is 1. The number of imide groups is 2. The highest BCUT2D eigenvalue weighted by molar-refractivity contribution is 7.35. The van der Waals surface area contributed by atoms with Gasteiger partial charge in [0.2, 0.25) is 0 Å². The van der Waals surface area contributed by atoms with E-state index >= 15 is 0 Å². The third kappa shape index (κ3) is 4.07. The summed E-state index contributed by atoms with van der Waals surface area (Å²) in [6, 6.07) is 6.24. The maximum atomic E-state index is 13.1. The zero-order valence-electron chi connectivity index (χ0n) is 26.4. The number of carbonyl (C=O) groups excluding carboxylic acids is 4. The van der Waals surface area contributed by atoms with Crippen LogP contribution in [0.5, 0.6) is 0 Å². The quantitative estimate of drug-likeness (QED) is 0.119. The molecule has 6 heterocycles. The van der Waals surface area contributed by atoms with Gasteiger partial charge in [0, 0.05) is 60.9 Å². The molecule has 0 atom stereocenters. The van der Waals surface area contributed by atoms with Gasteiger partial charge in [-0.05, 0) is 62.1 Å². The largest absolute Gasteiger partial charge is 0.287 e. The normalized spacial score (nSPS) is 21.0. The highest BCUT2D eigenvalue weighted by Gasteiger charge is 2.49. The third-order valence-corrected chi connectivity index (χ3v) is 15.0. The van der Waals surface area contributed by atoms with E-state index in [1.165, 1.54) is 60.2 Å². The lowest BCUT2D eigenvalue weighted by molar-refractivity contribution is -0.140. The number of rotatable bonds is 2. The highest BCUT2D eigenvalue weighted by Crippen LogP contribution is 2.66. The molecular formula is C36H26N4O4S4. The molecule has 0 radical (unpaired) electrons. The van der Waals surface area contributed by atoms with Crippen LogP contribution in [0.25, 0.3) is 45.6 Å². The summed E-state index contributed by atoms with van der Waals surface area (Å²) in [6.45, 7) is 10.8. The van der Waals surface area contributed by atoms with Crippen molar-refractivity contribution in [2.45, 2.75) is 51.4 Å². The molecule has 1 fully saturated rings. The molecule has 0 saturated heterocycles. The molecule has 0 bridgehead atoms. The Balaban J connectivity index is 1.26. The molecule has 2 aliphatic heterocycles. The molecule has 0 aromatic carbocycles. The molecule has 1 saturated carbocycles. The maximum Gasteiger partial charge on any atom is 0.271 e. The number of thiophene rings is 4. The topological polar surface area (TPSA) is 103 Å². The summed E-state index contributed by atoms with van der Waals surface area (Å²) in [5.41, 5.74) is 4.21. The lowest BCUT2D eigenvalue weighted by Gasteiger charge is -2.35. The predicted octanol–water partition coefficient (Wildman–Crippen LogP) is 8.27. The zero-order chi connectivity index (χ0) is 33.8. The molecule has 48 heavy (non-hydrogen) atoms. The first-order chi connectivity index (χ1) is 23.0. The molecule has 4 amide bonds. The Morgan fingerprint density at radius 3 is 1.77 bits per heavy atom. The fourth-order valence-electron chi connectivity index (χ4n) is 7.59. The van der Waals surface area contributed by atoms with Crippen molar-refractivity contribution in [3.63, 3.8) is 0 Å². The molecule has 8 rings (SSSR count). The molecule has 238 valence electrons. The molecule has 12 heteroatoms. The van der Waals surface area contributed by atoms with E-state index in [2.05, 4.69) is 17.0 Å². The van der Waals surface area contributed by atoms with Crippen molar-refractivity contribution in [3.8, 4) is 15.8 Å². The molecule has 1 spiro atoms. The lowest BCUT2D eigenvalue weighted by atomic mass is 9.68. The fraction of sp³-hybridized carbons (Fsp3) is 0.278. The van der Waals surface area contributed by atoms with Crippen molar-refractivity contribution in [2.24, 2.45) is 0 Å². The molecule has 0 unspecified atom stereocenters. The Kier molecular flexibility index (Phi) is 6.92. The van der Waals surface area contributed by atoms with Gasteiger partial charge in [-0.3, -0.25) is 29.0 Å². The van der Waals surface area contributed by atoms with Crippen LogP contribution in [0.3, 0.4) is 0 Å². The van der Waals surface area contributed by atoms with E-state index in [1.54, 1.807) is 59.2 Å². The Hall–Kier alpha value is -4.46. The van der Waals surface area contributed by atoms with Gasteiger partial charge in [0.15, 0.2) is 0 Å². The molecule has 4 aliphatic rings. The summed E-state index contributed by atoms with van der Waals surface area (Å²) in [5.74, 6) is -1.93. The minimum atomic E-state index is -0.570. The van der Waals surface area contributed by atoms with Gasteiger partial charge >= 0.3 is 0 Å². The summed E-state index contributed by atoms with van der Waals surface area (Å²) < 4.78 is 4.84. The van der Waals surface area contributed by atoms with Crippen LogP contribution in [-0.2, 0) is 24.6 Å². The average Bonchev–Trinajstić information content (AvgIpc) is 3.85. The van der Waals surface area contributed by atoms with Gasteiger partial charge in [0.25, 0.3) is 29.3 Å². The summed E-state index contributed by atoms with van der Waals surface area (Å²) in [5, 5.41) is 9.60. The Bertz CT molecular complexity index is 2270. The van der Waals surface area contributed by atoms with Crippen LogP contribution in [0.1, 0.15) is 66.8 Å². The molecule has 0 N–H and O–H groups in total. The summed E-state index contributed by atoms with van der Waals surface area (Å²) >= 11 is 6.94. The standard InChI is InChI=1S/C36H26N4O4S4/c1-16-20(32(41)39(4)34(43)22(16)15-37)11-18-13-23-28(45-18)25-30(47-23)31-26(36(25)9-7-6-8-10-36)29-24(48-31)14-19(46-29)12-21-17(2)27(38-3)35(44)40(5)33(21)42/h11-14H,6-10H2,1-2,4-5H3/b20-11+,21-12+. The van der Waals surface area contributed by atoms with Crippen LogP contribution < -0.4 is 0 Å². The number of likely N-dealkylation sites (N-methyl/N-ethyl adjacent to an activating group) is 2. The van der Waals surface area contributed by atoms with Gasteiger partial charge in [-0.1, -0.05) is 19.3 Å². The lowest BCUT2D eigenvalue weighted by Crippen LogP contribution is -2.39. The molecule has 4 aromatic rings. The van der Waals surface area contributed by atoms with Gasteiger partial charge < -0.3 is 0 Å². The molecular weight excluding hydrogens is 681 g/mol. The number of hydrogen-bond acceptors (Lipinski definition) is 9. The van der Waals surface area contributed by atoms with Crippen LogP contribution in [-0.4, -0.2) is 47.5 Å². The number of amides is 4. The van der Waals surface area contributed by atoms with Gasteiger partial charge in [-0.15, -0.1) is 45.3 Å². The van der Waals surface area contributed by atoms with E-state index < -0.39 is 23.6 Å². The number of fused-ring (bicyclic) bond motifs is 9. The van der Waals surface area contributed by atoms with Crippen LogP contribution >= 0.6 is 45.3 Å². The number of nitrogens with zero attached hydrogens (tertiary/aromatic N) is 4. The first-order valence-corrected chi connectivity index (χ1v) is 18.7. The van der Waals surface area contributed by atoms with E-state index in [4.69, 9.17) is 6.57 Å². The van der Waals surface area contributed by atoms with Crippen molar-refractivity contribution < 1.29 is 19.2 Å². The minimum absolute atomic E-state index is 0.00504. The van der Waals surface area contributed by atoms with Crippen molar-refractivity contribution >= 4 is 99.9 Å². The van der Waals surface area contributed by atoms with Crippen LogP contribution in [0.15, 0.2) is 45.7 Å². The zero-order valence-corrected chi connectivity index (χ0v) is 29.7. The molecule has 4 aromatic heterocycles. The number of hydrogen-bond donors (Lipinski definition) is 0. The highest BCUT2D eigenvalue weighted by atomic mass is 32.1. The number of carbonyl (C=O) groups is 4. The second kappa shape index (κ2) is 10.8. The van der Waals surface area contributed by atoms with Crippen LogP contribution in [0, 0.1) is 17.9 Å². The predicted molar refractivity (Wildman–Crippen MR) is 191 cm³/mol. The second-order valence-electron chi connectivity index (χ2n) is 12.6. The first kappa shape index (κ1) is 30.8. The minimum Gasteiger partial charge on any atom is -0.287 e. The summed E-state index contributed by atoms with van der Waals surface area (Å²) in [6.07, 6.45) is 9.21. The van der Waals surface area contributed by atoms with E-state index in [-0.39, 0.29) is 16.7 Å². The van der Waals surface area contributed by atoms with E-state index in [9.17, 15) is 24.4 Å². The van der Waals surface area contributed by atoms with Gasteiger partial charge in [0.1, 0.15) is 11.6 Å². The summed E-state index contributed by atoms with van der Waals surface area (Å²) in [7, 11) is 2.83. The van der Waals surface area contributed by atoms with E-state index in [0.717, 1.165) is 45.2 Å². The monoisotopic (exact) mass is 706 g/mol. The van der Waals surface area contributed by atoms with Crippen LogP contribution in [0.2, 0.25) is 0 Å². The Morgan fingerprint density at radius 1 is 0.771 bits per heavy atom. The third-order valence-electron chi connectivity index (χ3n) is 10.1. The van der Waals surface area contributed by atoms with Gasteiger partial charge in [-0.25, -0.2) is 4.85 Å². The maximum absolute atomic E-state index is 13.1. The Labute approximate surface area is 292 Å². The second-order valence-corrected chi connectivity index (χ2v) is 16.9. The van der Waals surface area contributed by atoms with Gasteiger partial charge in [-0.2, -0.15) is 5.26 Å². The van der Waals surface area contributed by atoms with E-state index in [0.29, 0.717) is 22.3 Å². The summed E-state index contributed by atoms with van der Waals surface area (Å²) in [4.78, 5) is 61.2. The first-order valence-electron chi connectivity index (χ1n) is 15.4. The van der Waals surface area contributed by atoms with Crippen molar-refractivity contribution in [1.29, 1.82) is 5.26 Å². The molecule has 2 aliphatic carbocycles. The van der Waals surface area contributed by atoms with Crippen molar-refractivity contribution in [2.75, 3.05) is 14.1 Å². The van der Waals surface area contributed by atoms with Crippen molar-refractivity contribution in [3.05, 3.63) is 78.0 Å². The van der Waals surface area contributed by atoms with Gasteiger partial charge in [0.05, 0.1) is 25.7 Å². The fourth-order valence-corrected chi connectivity index (χ4v) is 13.3. The van der Waals surface area contributed by atoms with E-state index in [1.807, 2.05) is 18.2 Å². The smallest absolute Gasteiger partial charge is 0.271 e.